The normalized spacial score (nSPS) is 16.2. The molecule has 98 valence electrons. The van der Waals surface area contributed by atoms with Gasteiger partial charge in [0.1, 0.15) is 0 Å². The molecule has 1 atom stereocenters. The molecule has 0 bridgehead atoms. The lowest BCUT2D eigenvalue weighted by molar-refractivity contribution is 0.227. The second kappa shape index (κ2) is 5.07. The molecule has 0 aromatic carbocycles. The third kappa shape index (κ3) is 3.52. The van der Waals surface area contributed by atoms with Gasteiger partial charge >= 0.3 is 0 Å². The molecule has 17 heavy (non-hydrogen) atoms. The van der Waals surface area contributed by atoms with Crippen molar-refractivity contribution in [2.45, 2.75) is 53.4 Å². The second-order valence-corrected chi connectivity index (χ2v) is 7.51. The number of nitrogens with zero attached hydrogens (tertiary/aromatic N) is 1. The van der Waals surface area contributed by atoms with Crippen LogP contribution >= 0.6 is 11.3 Å². The van der Waals surface area contributed by atoms with Gasteiger partial charge in [0.05, 0.1) is 10.7 Å². The van der Waals surface area contributed by atoms with E-state index in [2.05, 4.69) is 46.9 Å². The van der Waals surface area contributed by atoms with Crippen LogP contribution in [0.2, 0.25) is 0 Å². The first-order valence-electron chi connectivity index (χ1n) is 6.34. The molecule has 0 aliphatic carbocycles. The first-order chi connectivity index (χ1) is 7.69. The predicted molar refractivity (Wildman–Crippen MR) is 76.5 cm³/mol. The van der Waals surface area contributed by atoms with E-state index in [0.29, 0.717) is 5.92 Å². The molecule has 0 radical (unpaired) electrons. The van der Waals surface area contributed by atoms with Crippen LogP contribution in [0.3, 0.4) is 0 Å². The van der Waals surface area contributed by atoms with Crippen molar-refractivity contribution in [1.29, 1.82) is 0 Å². The van der Waals surface area contributed by atoms with E-state index in [1.165, 1.54) is 10.7 Å². The molecular weight excluding hydrogens is 228 g/mol. The highest BCUT2D eigenvalue weighted by Gasteiger charge is 2.29. The number of thiazole rings is 1. The van der Waals surface area contributed by atoms with Crippen molar-refractivity contribution in [2.75, 3.05) is 6.54 Å². The molecule has 0 fully saturated rings. The first kappa shape index (κ1) is 14.7. The number of hydrogen-bond acceptors (Lipinski definition) is 3. The maximum atomic E-state index is 5.93. The highest BCUT2D eigenvalue weighted by molar-refractivity contribution is 7.09. The van der Waals surface area contributed by atoms with Crippen LogP contribution in [0, 0.1) is 11.3 Å². The van der Waals surface area contributed by atoms with E-state index in [0.717, 1.165) is 13.0 Å². The molecule has 2 nitrogen and oxygen atoms in total. The number of nitrogens with two attached hydrogens (primary N) is 1. The van der Waals surface area contributed by atoms with Gasteiger partial charge in [0.15, 0.2) is 0 Å². The van der Waals surface area contributed by atoms with Gasteiger partial charge in [-0.25, -0.2) is 4.98 Å². The summed E-state index contributed by atoms with van der Waals surface area (Å²) >= 11 is 1.77. The second-order valence-electron chi connectivity index (χ2n) is 6.57. The van der Waals surface area contributed by atoms with Crippen LogP contribution in [0.15, 0.2) is 5.38 Å². The van der Waals surface area contributed by atoms with Crippen LogP contribution in [-0.2, 0) is 11.8 Å². The molecule has 3 heteroatoms. The summed E-state index contributed by atoms with van der Waals surface area (Å²) in [4.78, 5) is 4.76. The molecule has 0 saturated carbocycles. The highest BCUT2D eigenvalue weighted by atomic mass is 32.1. The van der Waals surface area contributed by atoms with Gasteiger partial charge < -0.3 is 5.73 Å². The van der Waals surface area contributed by atoms with E-state index < -0.39 is 0 Å². The van der Waals surface area contributed by atoms with E-state index >= 15 is 0 Å². The lowest BCUT2D eigenvalue weighted by Gasteiger charge is -2.31. The van der Waals surface area contributed by atoms with Crippen molar-refractivity contribution in [3.05, 3.63) is 16.1 Å². The Morgan fingerprint density at radius 3 is 2.24 bits per heavy atom. The van der Waals surface area contributed by atoms with Gasteiger partial charge in [-0.15, -0.1) is 11.3 Å². The minimum Gasteiger partial charge on any atom is -0.330 e. The summed E-state index contributed by atoms with van der Waals surface area (Å²) in [5.41, 5.74) is 7.42. The van der Waals surface area contributed by atoms with E-state index in [1.54, 1.807) is 11.3 Å². The van der Waals surface area contributed by atoms with Gasteiger partial charge in [-0.2, -0.15) is 0 Å². The summed E-state index contributed by atoms with van der Waals surface area (Å²) in [6, 6.07) is 0. The lowest BCUT2D eigenvalue weighted by Crippen LogP contribution is -2.34. The topological polar surface area (TPSA) is 38.9 Å². The summed E-state index contributed by atoms with van der Waals surface area (Å²) in [6.45, 7) is 14.1. The zero-order valence-corrected chi connectivity index (χ0v) is 12.8. The summed E-state index contributed by atoms with van der Waals surface area (Å²) in [7, 11) is 0. The fourth-order valence-electron chi connectivity index (χ4n) is 1.59. The Labute approximate surface area is 110 Å². The van der Waals surface area contributed by atoms with Gasteiger partial charge in [-0.05, 0) is 17.9 Å². The minimum absolute atomic E-state index is 0.145. The fourth-order valence-corrected chi connectivity index (χ4v) is 2.81. The van der Waals surface area contributed by atoms with Crippen LogP contribution in [-0.4, -0.2) is 11.5 Å². The zero-order valence-electron chi connectivity index (χ0n) is 12.0. The van der Waals surface area contributed by atoms with Crippen molar-refractivity contribution in [2.24, 2.45) is 17.1 Å². The van der Waals surface area contributed by atoms with Crippen molar-refractivity contribution >= 4 is 11.3 Å². The summed E-state index contributed by atoms with van der Waals surface area (Å²) < 4.78 is 0. The predicted octanol–water partition coefficient (Wildman–Crippen LogP) is 3.60. The molecule has 0 aliphatic rings. The standard InChI is InChI=1S/C14H26N2S/c1-10(2)14(6,9-15)7-12-16-11(8-17-12)13(3,4)5/h8,10H,7,9,15H2,1-6H3. The SMILES string of the molecule is CC(C)C(C)(CN)Cc1nc(C(C)(C)C)cs1. The average Bonchev–Trinajstić information content (AvgIpc) is 2.65. The van der Waals surface area contributed by atoms with Gasteiger partial charge in [0, 0.05) is 17.2 Å². The van der Waals surface area contributed by atoms with E-state index in [-0.39, 0.29) is 10.8 Å². The fraction of sp³-hybridized carbons (Fsp3) is 0.786. The first-order valence-corrected chi connectivity index (χ1v) is 7.22. The smallest absolute Gasteiger partial charge is 0.0934 e. The molecule has 0 amide bonds. The van der Waals surface area contributed by atoms with Crippen LogP contribution in [0.1, 0.15) is 52.2 Å². The molecule has 1 heterocycles. The maximum absolute atomic E-state index is 5.93. The Hall–Kier alpha value is -0.410. The van der Waals surface area contributed by atoms with E-state index in [4.69, 9.17) is 10.7 Å². The van der Waals surface area contributed by atoms with Crippen molar-refractivity contribution in [3.63, 3.8) is 0 Å². The summed E-state index contributed by atoms with van der Waals surface area (Å²) in [6.07, 6.45) is 0.988. The van der Waals surface area contributed by atoms with Crippen LogP contribution in [0.25, 0.3) is 0 Å². The molecule has 0 spiro atoms. The Balaban J connectivity index is 2.86. The van der Waals surface area contributed by atoms with Gasteiger partial charge in [-0.3, -0.25) is 0 Å². The van der Waals surface area contributed by atoms with Gasteiger partial charge in [0.25, 0.3) is 0 Å². The third-order valence-electron chi connectivity index (χ3n) is 3.74. The molecule has 0 aliphatic heterocycles. The summed E-state index contributed by atoms with van der Waals surface area (Å²) in [5, 5.41) is 3.41. The molecule has 0 saturated heterocycles. The third-order valence-corrected chi connectivity index (χ3v) is 4.58. The molecule has 1 rings (SSSR count). The number of hydrogen-bond donors (Lipinski definition) is 1. The highest BCUT2D eigenvalue weighted by Crippen LogP contribution is 2.32. The Morgan fingerprint density at radius 2 is 1.88 bits per heavy atom. The van der Waals surface area contributed by atoms with Crippen molar-refractivity contribution < 1.29 is 0 Å². The Kier molecular flexibility index (Phi) is 4.37. The average molecular weight is 254 g/mol. The summed E-state index contributed by atoms with van der Waals surface area (Å²) in [5.74, 6) is 0.578. The van der Waals surface area contributed by atoms with Crippen LogP contribution < -0.4 is 5.73 Å². The van der Waals surface area contributed by atoms with Crippen molar-refractivity contribution in [3.8, 4) is 0 Å². The van der Waals surface area contributed by atoms with Crippen molar-refractivity contribution in [1.82, 2.24) is 4.98 Å². The number of rotatable bonds is 4. The van der Waals surface area contributed by atoms with Crippen LogP contribution in [0.4, 0.5) is 0 Å². The maximum Gasteiger partial charge on any atom is 0.0934 e. The monoisotopic (exact) mass is 254 g/mol. The van der Waals surface area contributed by atoms with E-state index in [1.807, 2.05) is 0 Å². The van der Waals surface area contributed by atoms with Crippen LogP contribution in [0.5, 0.6) is 0 Å². The van der Waals surface area contributed by atoms with Gasteiger partial charge in [0.2, 0.25) is 0 Å². The quantitative estimate of drug-likeness (QED) is 0.891. The minimum atomic E-state index is 0.145. The largest absolute Gasteiger partial charge is 0.330 e. The zero-order chi connectivity index (χ0) is 13.3. The lowest BCUT2D eigenvalue weighted by atomic mass is 9.76. The van der Waals surface area contributed by atoms with E-state index in [9.17, 15) is 0 Å². The molecule has 1 aromatic heterocycles. The Morgan fingerprint density at radius 1 is 1.29 bits per heavy atom. The molecule has 2 N–H and O–H groups in total. The molecule has 1 aromatic rings. The number of aromatic nitrogens is 1. The molecule has 1 unspecified atom stereocenters. The van der Waals surface area contributed by atoms with Gasteiger partial charge in [-0.1, -0.05) is 41.5 Å². The Bertz CT molecular complexity index is 363. The molecular formula is C14H26N2S.